The summed E-state index contributed by atoms with van der Waals surface area (Å²) in [5, 5.41) is 11.1. The van der Waals surface area contributed by atoms with Gasteiger partial charge in [0, 0.05) is 18.7 Å². The Bertz CT molecular complexity index is 1130. The molecule has 6 nitrogen and oxygen atoms in total. The number of nitro groups is 1. The lowest BCUT2D eigenvalue weighted by atomic mass is 10.0. The molecule has 1 amide bonds. The number of aryl methyl sites for hydroxylation is 2. The fourth-order valence-electron chi connectivity index (χ4n) is 2.92. The Morgan fingerprint density at radius 2 is 2.07 bits per heavy atom. The second-order valence-electron chi connectivity index (χ2n) is 6.31. The smallest absolute Gasteiger partial charge is 0.271 e. The molecule has 0 saturated heterocycles. The molecule has 0 spiro atoms. The molecule has 3 rings (SSSR count). The summed E-state index contributed by atoms with van der Waals surface area (Å²) in [7, 11) is 0. The van der Waals surface area contributed by atoms with Gasteiger partial charge in [0.1, 0.15) is 0 Å². The quantitative estimate of drug-likeness (QED) is 0.379. The van der Waals surface area contributed by atoms with Crippen molar-refractivity contribution in [2.75, 3.05) is 0 Å². The van der Waals surface area contributed by atoms with Gasteiger partial charge in [-0.05, 0) is 31.0 Å². The highest BCUT2D eigenvalue weighted by Crippen LogP contribution is 2.23. The summed E-state index contributed by atoms with van der Waals surface area (Å²) in [6.45, 7) is 8.13. The van der Waals surface area contributed by atoms with Crippen LogP contribution in [0.1, 0.15) is 16.7 Å². The van der Waals surface area contributed by atoms with Gasteiger partial charge < -0.3 is 4.57 Å². The zero-order valence-electron chi connectivity index (χ0n) is 15.1. The van der Waals surface area contributed by atoms with Gasteiger partial charge in [0.05, 0.1) is 21.6 Å². The van der Waals surface area contributed by atoms with Crippen molar-refractivity contribution in [3.05, 3.63) is 80.7 Å². The number of rotatable bonds is 5. The molecule has 1 aromatic heterocycles. The molecule has 0 aliphatic heterocycles. The zero-order valence-corrected chi connectivity index (χ0v) is 16.0. The molecule has 0 atom stereocenters. The lowest BCUT2D eigenvalue weighted by molar-refractivity contribution is -0.384. The van der Waals surface area contributed by atoms with Crippen LogP contribution in [0.15, 0.2) is 54.0 Å². The van der Waals surface area contributed by atoms with E-state index in [9.17, 15) is 14.9 Å². The number of benzene rings is 2. The maximum absolute atomic E-state index is 12.5. The molecule has 0 saturated carbocycles. The average Bonchev–Trinajstić information content (AvgIpc) is 2.94. The van der Waals surface area contributed by atoms with Crippen LogP contribution in [0.5, 0.6) is 0 Å². The summed E-state index contributed by atoms with van der Waals surface area (Å²) in [6, 6.07) is 10.6. The lowest BCUT2D eigenvalue weighted by Crippen LogP contribution is -2.17. The summed E-state index contributed by atoms with van der Waals surface area (Å²) in [5.41, 5.74) is 3.83. The molecule has 1 heterocycles. The van der Waals surface area contributed by atoms with E-state index in [0.29, 0.717) is 16.9 Å². The van der Waals surface area contributed by atoms with Crippen LogP contribution in [-0.4, -0.2) is 15.4 Å². The van der Waals surface area contributed by atoms with Crippen molar-refractivity contribution < 1.29 is 9.72 Å². The fourth-order valence-corrected chi connectivity index (χ4v) is 3.95. The molecule has 0 fully saturated rings. The Morgan fingerprint density at radius 1 is 1.30 bits per heavy atom. The second-order valence-corrected chi connectivity index (χ2v) is 7.31. The number of carbonyl (C=O) groups is 1. The number of aromatic nitrogens is 1. The number of hydrogen-bond acceptors (Lipinski definition) is 4. The lowest BCUT2D eigenvalue weighted by Gasteiger charge is -2.04. The minimum absolute atomic E-state index is 0.00580. The summed E-state index contributed by atoms with van der Waals surface area (Å²) < 4.78 is 2.61. The number of hydrogen-bond donors (Lipinski definition) is 0. The molecule has 0 unspecified atom stereocenters. The number of fused-ring (bicyclic) bond motifs is 1. The normalized spacial score (nSPS) is 11.7. The van der Waals surface area contributed by atoms with E-state index in [0.717, 1.165) is 21.4 Å². The van der Waals surface area contributed by atoms with E-state index in [4.69, 9.17) is 0 Å². The summed E-state index contributed by atoms with van der Waals surface area (Å²) in [6.07, 6.45) is 1.90. The third-order valence-electron chi connectivity index (χ3n) is 4.25. The Hall–Kier alpha value is -3.06. The molecule has 0 aliphatic rings. The zero-order chi connectivity index (χ0) is 19.6. The average molecular weight is 381 g/mol. The Balaban J connectivity index is 2.03. The molecule has 0 bridgehead atoms. The first-order chi connectivity index (χ1) is 12.9. The second kappa shape index (κ2) is 7.67. The first-order valence-electron chi connectivity index (χ1n) is 8.41. The number of amides is 1. The summed E-state index contributed by atoms with van der Waals surface area (Å²) >= 11 is 1.33. The van der Waals surface area contributed by atoms with Crippen LogP contribution in [0.4, 0.5) is 5.69 Å². The standard InChI is InChI=1S/C20H19N3O3S/c1-4-9-22-17-12-16(23(25)26)7-8-18(17)27-20(22)21-19(24)11-15-6-5-13(2)10-14(15)3/h4-8,10,12H,1,9,11H2,2-3H3. The number of carbonyl (C=O) groups excluding carboxylic acids is 1. The van der Waals surface area contributed by atoms with Crippen molar-refractivity contribution in [1.29, 1.82) is 0 Å². The Kier molecular flexibility index (Phi) is 5.32. The number of nitro benzene ring substituents is 1. The topological polar surface area (TPSA) is 77.5 Å². The van der Waals surface area contributed by atoms with E-state index in [1.54, 1.807) is 16.7 Å². The maximum atomic E-state index is 12.5. The molecule has 3 aromatic rings. The Labute approximate surface area is 160 Å². The van der Waals surface area contributed by atoms with Gasteiger partial charge in [-0.2, -0.15) is 4.99 Å². The van der Waals surface area contributed by atoms with E-state index in [1.165, 1.54) is 23.5 Å². The summed E-state index contributed by atoms with van der Waals surface area (Å²) in [5.74, 6) is -0.249. The molecule has 138 valence electrons. The van der Waals surface area contributed by atoms with Crippen LogP contribution in [0, 0.1) is 24.0 Å². The highest BCUT2D eigenvalue weighted by molar-refractivity contribution is 7.16. The van der Waals surface area contributed by atoms with Crippen molar-refractivity contribution in [2.24, 2.45) is 4.99 Å². The molecule has 27 heavy (non-hydrogen) atoms. The minimum Gasteiger partial charge on any atom is -0.312 e. The van der Waals surface area contributed by atoms with Crippen LogP contribution in [0.3, 0.4) is 0 Å². The third kappa shape index (κ3) is 4.03. The van der Waals surface area contributed by atoms with Gasteiger partial charge in [0.15, 0.2) is 4.80 Å². The number of non-ortho nitro benzene ring substituents is 1. The maximum Gasteiger partial charge on any atom is 0.271 e. The van der Waals surface area contributed by atoms with Crippen molar-refractivity contribution in [3.8, 4) is 0 Å². The molecular formula is C20H19N3O3S. The van der Waals surface area contributed by atoms with Crippen molar-refractivity contribution >= 4 is 33.1 Å². The van der Waals surface area contributed by atoms with E-state index in [2.05, 4.69) is 11.6 Å². The number of allylic oxidation sites excluding steroid dienone is 1. The number of thiazole rings is 1. The highest BCUT2D eigenvalue weighted by atomic mass is 32.1. The van der Waals surface area contributed by atoms with Crippen molar-refractivity contribution in [2.45, 2.75) is 26.8 Å². The van der Waals surface area contributed by atoms with Crippen molar-refractivity contribution in [3.63, 3.8) is 0 Å². The van der Waals surface area contributed by atoms with Gasteiger partial charge in [-0.15, -0.1) is 6.58 Å². The predicted octanol–water partition coefficient (Wildman–Crippen LogP) is 4.08. The van der Waals surface area contributed by atoms with E-state index in [-0.39, 0.29) is 18.0 Å². The van der Waals surface area contributed by atoms with Crippen LogP contribution < -0.4 is 4.80 Å². The van der Waals surface area contributed by atoms with Crippen LogP contribution in [0.25, 0.3) is 10.2 Å². The van der Waals surface area contributed by atoms with Gasteiger partial charge in [-0.1, -0.05) is 41.2 Å². The predicted molar refractivity (Wildman–Crippen MR) is 107 cm³/mol. The van der Waals surface area contributed by atoms with Gasteiger partial charge in [0.2, 0.25) is 0 Å². The molecule has 0 aliphatic carbocycles. The van der Waals surface area contributed by atoms with E-state index in [1.807, 2.05) is 32.0 Å². The monoisotopic (exact) mass is 381 g/mol. The highest BCUT2D eigenvalue weighted by Gasteiger charge is 2.13. The summed E-state index contributed by atoms with van der Waals surface area (Å²) in [4.78, 5) is 27.9. The number of nitrogens with zero attached hydrogens (tertiary/aromatic N) is 3. The molecule has 7 heteroatoms. The van der Waals surface area contributed by atoms with Crippen LogP contribution >= 0.6 is 11.3 Å². The Morgan fingerprint density at radius 3 is 2.74 bits per heavy atom. The molecule has 0 radical (unpaired) electrons. The molecular weight excluding hydrogens is 362 g/mol. The van der Waals surface area contributed by atoms with E-state index < -0.39 is 4.92 Å². The van der Waals surface area contributed by atoms with Gasteiger partial charge in [-0.25, -0.2) is 0 Å². The van der Waals surface area contributed by atoms with Gasteiger partial charge >= 0.3 is 0 Å². The van der Waals surface area contributed by atoms with Crippen molar-refractivity contribution in [1.82, 2.24) is 4.57 Å². The fraction of sp³-hybridized carbons (Fsp3) is 0.200. The third-order valence-corrected chi connectivity index (χ3v) is 5.31. The molecule has 2 aromatic carbocycles. The van der Waals surface area contributed by atoms with Crippen LogP contribution in [0.2, 0.25) is 0 Å². The van der Waals surface area contributed by atoms with Crippen LogP contribution in [-0.2, 0) is 17.8 Å². The SMILES string of the molecule is C=CCn1c(=NC(=O)Cc2ccc(C)cc2C)sc2ccc([N+](=O)[O-])cc21. The molecule has 0 N–H and O–H groups in total. The first kappa shape index (κ1) is 18.7. The van der Waals surface area contributed by atoms with Gasteiger partial charge in [0.25, 0.3) is 11.6 Å². The minimum atomic E-state index is -0.433. The first-order valence-corrected chi connectivity index (χ1v) is 9.23. The van der Waals surface area contributed by atoms with E-state index >= 15 is 0 Å². The largest absolute Gasteiger partial charge is 0.312 e. The van der Waals surface area contributed by atoms with Gasteiger partial charge in [-0.3, -0.25) is 14.9 Å².